The minimum atomic E-state index is -3.15. The first-order valence-corrected chi connectivity index (χ1v) is 8.05. The average molecular weight is 289 g/mol. The lowest BCUT2D eigenvalue weighted by Gasteiger charge is -2.06. The first kappa shape index (κ1) is 14.3. The highest BCUT2D eigenvalue weighted by Gasteiger charge is 2.08. The lowest BCUT2D eigenvalue weighted by Crippen LogP contribution is -2.23. The van der Waals surface area contributed by atoms with E-state index in [4.69, 9.17) is 0 Å². The number of carbonyl (C=O) groups excluding carboxylic acids is 1. The van der Waals surface area contributed by atoms with Gasteiger partial charge in [-0.15, -0.1) is 0 Å². The molecule has 0 aliphatic carbocycles. The van der Waals surface area contributed by atoms with Crippen molar-refractivity contribution < 1.29 is 13.2 Å². The van der Waals surface area contributed by atoms with E-state index in [1.54, 1.807) is 6.07 Å². The standard InChI is InChI=1S/C15H15NO3S/c1-20(18,19)11-5-10-16-15(17)14-9-4-7-12-6-2-3-8-13(12)14/h2-9,11H,10H2,1H3,(H,16,17)/b11-5+. The topological polar surface area (TPSA) is 63.2 Å². The van der Waals surface area contributed by atoms with E-state index in [9.17, 15) is 13.2 Å². The molecular weight excluding hydrogens is 274 g/mol. The fraction of sp³-hybridized carbons (Fsp3) is 0.133. The largest absolute Gasteiger partial charge is 0.349 e. The Hall–Kier alpha value is -2.14. The summed E-state index contributed by atoms with van der Waals surface area (Å²) >= 11 is 0. The number of rotatable bonds is 4. The molecule has 5 heteroatoms. The van der Waals surface area contributed by atoms with Crippen LogP contribution < -0.4 is 5.32 Å². The minimum absolute atomic E-state index is 0.176. The molecule has 0 fully saturated rings. The van der Waals surface area contributed by atoms with E-state index in [0.717, 1.165) is 22.4 Å². The summed E-state index contributed by atoms with van der Waals surface area (Å²) < 4.78 is 21.8. The second-order valence-electron chi connectivity index (χ2n) is 4.44. The fourth-order valence-electron chi connectivity index (χ4n) is 1.89. The summed E-state index contributed by atoms with van der Waals surface area (Å²) in [5.41, 5.74) is 0.579. The summed E-state index contributed by atoms with van der Waals surface area (Å²) in [5.74, 6) is -0.222. The lowest BCUT2D eigenvalue weighted by molar-refractivity contribution is 0.0959. The van der Waals surface area contributed by atoms with Crippen LogP contribution in [0.4, 0.5) is 0 Å². The van der Waals surface area contributed by atoms with Crippen LogP contribution in [-0.2, 0) is 9.84 Å². The maximum atomic E-state index is 12.1. The van der Waals surface area contributed by atoms with Crippen LogP contribution >= 0.6 is 0 Å². The number of sulfone groups is 1. The third kappa shape index (κ3) is 3.68. The Morgan fingerprint density at radius 3 is 2.60 bits per heavy atom. The van der Waals surface area contributed by atoms with Gasteiger partial charge in [0.1, 0.15) is 0 Å². The van der Waals surface area contributed by atoms with Gasteiger partial charge in [0.2, 0.25) is 0 Å². The molecule has 1 amide bonds. The van der Waals surface area contributed by atoms with Gasteiger partial charge in [-0.1, -0.05) is 42.5 Å². The zero-order valence-corrected chi connectivity index (χ0v) is 11.9. The smallest absolute Gasteiger partial charge is 0.252 e. The van der Waals surface area contributed by atoms with E-state index in [1.165, 1.54) is 6.08 Å². The molecule has 0 aliphatic rings. The molecule has 2 aromatic carbocycles. The Morgan fingerprint density at radius 1 is 1.15 bits per heavy atom. The third-order valence-corrected chi connectivity index (χ3v) is 3.44. The van der Waals surface area contributed by atoms with Crippen molar-refractivity contribution >= 4 is 26.5 Å². The maximum Gasteiger partial charge on any atom is 0.252 e. The molecule has 1 N–H and O–H groups in total. The van der Waals surface area contributed by atoms with Gasteiger partial charge in [-0.3, -0.25) is 4.79 Å². The van der Waals surface area contributed by atoms with Crippen molar-refractivity contribution in [3.63, 3.8) is 0 Å². The van der Waals surface area contributed by atoms with Crippen LogP contribution in [0.5, 0.6) is 0 Å². The summed E-state index contributed by atoms with van der Waals surface area (Å²) in [5, 5.41) is 5.62. The quantitative estimate of drug-likeness (QED) is 0.937. The number of fused-ring (bicyclic) bond motifs is 1. The van der Waals surface area contributed by atoms with Crippen LogP contribution in [0.25, 0.3) is 10.8 Å². The summed E-state index contributed by atoms with van der Waals surface area (Å²) in [6, 6.07) is 13.1. The molecule has 0 atom stereocenters. The minimum Gasteiger partial charge on any atom is -0.349 e. The lowest BCUT2D eigenvalue weighted by atomic mass is 10.0. The van der Waals surface area contributed by atoms with E-state index in [-0.39, 0.29) is 12.5 Å². The molecular formula is C15H15NO3S. The van der Waals surface area contributed by atoms with Gasteiger partial charge in [0, 0.05) is 23.8 Å². The molecule has 0 unspecified atom stereocenters. The Kier molecular flexibility index (Phi) is 4.20. The molecule has 0 spiro atoms. The highest BCUT2D eigenvalue weighted by Crippen LogP contribution is 2.18. The Bertz CT molecular complexity index is 758. The van der Waals surface area contributed by atoms with Gasteiger partial charge in [0.05, 0.1) is 0 Å². The van der Waals surface area contributed by atoms with Crippen LogP contribution in [-0.4, -0.2) is 27.1 Å². The van der Waals surface area contributed by atoms with Crippen molar-refractivity contribution in [3.8, 4) is 0 Å². The van der Waals surface area contributed by atoms with Crippen LogP contribution in [0.2, 0.25) is 0 Å². The van der Waals surface area contributed by atoms with Gasteiger partial charge in [0.25, 0.3) is 5.91 Å². The van der Waals surface area contributed by atoms with E-state index in [0.29, 0.717) is 5.56 Å². The second kappa shape index (κ2) is 5.88. The molecule has 0 bridgehead atoms. The zero-order chi connectivity index (χ0) is 14.6. The molecule has 4 nitrogen and oxygen atoms in total. The number of benzene rings is 2. The second-order valence-corrected chi connectivity index (χ2v) is 6.37. The van der Waals surface area contributed by atoms with Crippen LogP contribution in [0.1, 0.15) is 10.4 Å². The van der Waals surface area contributed by atoms with Gasteiger partial charge < -0.3 is 5.32 Å². The molecule has 2 aromatic rings. The van der Waals surface area contributed by atoms with Crippen LogP contribution in [0.15, 0.2) is 53.9 Å². The van der Waals surface area contributed by atoms with Gasteiger partial charge in [-0.05, 0) is 16.8 Å². The van der Waals surface area contributed by atoms with Crippen molar-refractivity contribution in [2.45, 2.75) is 0 Å². The Morgan fingerprint density at radius 2 is 1.85 bits per heavy atom. The summed E-state index contributed by atoms with van der Waals surface area (Å²) in [4.78, 5) is 12.1. The van der Waals surface area contributed by atoms with Crippen LogP contribution in [0, 0.1) is 0 Å². The molecule has 0 aliphatic heterocycles. The summed E-state index contributed by atoms with van der Waals surface area (Å²) in [7, 11) is -3.15. The normalized spacial score (nSPS) is 11.8. The van der Waals surface area contributed by atoms with E-state index >= 15 is 0 Å². The predicted octanol–water partition coefficient (Wildman–Crippen LogP) is 2.13. The molecule has 2 rings (SSSR count). The van der Waals surface area contributed by atoms with Crippen molar-refractivity contribution in [1.29, 1.82) is 0 Å². The third-order valence-electron chi connectivity index (χ3n) is 2.76. The fourth-order valence-corrected chi connectivity index (χ4v) is 2.34. The first-order valence-electron chi connectivity index (χ1n) is 6.10. The van der Waals surface area contributed by atoms with E-state index in [1.807, 2.05) is 36.4 Å². The Labute approximate surface area is 118 Å². The molecule has 0 saturated carbocycles. The molecule has 0 heterocycles. The summed E-state index contributed by atoms with van der Waals surface area (Å²) in [6.45, 7) is 0.176. The average Bonchev–Trinajstić information content (AvgIpc) is 2.41. The molecule has 104 valence electrons. The van der Waals surface area contributed by atoms with Crippen LogP contribution in [0.3, 0.4) is 0 Å². The maximum absolute atomic E-state index is 12.1. The van der Waals surface area contributed by atoms with Gasteiger partial charge >= 0.3 is 0 Å². The van der Waals surface area contributed by atoms with Crippen molar-refractivity contribution in [1.82, 2.24) is 5.32 Å². The van der Waals surface area contributed by atoms with Gasteiger partial charge in [0.15, 0.2) is 9.84 Å². The SMILES string of the molecule is CS(=O)(=O)/C=C/CNC(=O)c1cccc2ccccc12. The monoisotopic (exact) mass is 289 g/mol. The highest BCUT2D eigenvalue weighted by molar-refractivity contribution is 7.93. The first-order chi connectivity index (χ1) is 9.47. The van der Waals surface area contributed by atoms with Crippen molar-refractivity contribution in [3.05, 3.63) is 59.5 Å². The van der Waals surface area contributed by atoms with Gasteiger partial charge in [-0.2, -0.15) is 0 Å². The highest BCUT2D eigenvalue weighted by atomic mass is 32.2. The number of hydrogen-bond donors (Lipinski definition) is 1. The Balaban J connectivity index is 2.14. The number of nitrogens with one attached hydrogen (secondary N) is 1. The molecule has 0 radical (unpaired) electrons. The predicted molar refractivity (Wildman–Crippen MR) is 80.3 cm³/mol. The molecule has 0 saturated heterocycles. The van der Waals surface area contributed by atoms with E-state index in [2.05, 4.69) is 5.32 Å². The number of carbonyl (C=O) groups is 1. The van der Waals surface area contributed by atoms with Crippen molar-refractivity contribution in [2.75, 3.05) is 12.8 Å². The van der Waals surface area contributed by atoms with E-state index < -0.39 is 9.84 Å². The zero-order valence-electron chi connectivity index (χ0n) is 11.0. The number of amides is 1. The van der Waals surface area contributed by atoms with Gasteiger partial charge in [-0.25, -0.2) is 8.42 Å². The summed E-state index contributed by atoms with van der Waals surface area (Å²) in [6.07, 6.45) is 2.52. The molecule has 20 heavy (non-hydrogen) atoms. The van der Waals surface area contributed by atoms with Crippen molar-refractivity contribution in [2.24, 2.45) is 0 Å². The molecule has 0 aromatic heterocycles. The number of hydrogen-bond acceptors (Lipinski definition) is 3.